The van der Waals surface area contributed by atoms with E-state index in [0.717, 1.165) is 12.1 Å². The first-order chi connectivity index (χ1) is 15.6. The summed E-state index contributed by atoms with van der Waals surface area (Å²) in [6, 6.07) is 18.1. The molecule has 3 aromatic carbocycles. The minimum atomic E-state index is -0.312. The van der Waals surface area contributed by atoms with E-state index in [9.17, 15) is 9.59 Å². The Kier molecular flexibility index (Phi) is 5.15. The number of amides is 2. The van der Waals surface area contributed by atoms with Gasteiger partial charge in [-0.2, -0.15) is 0 Å². The van der Waals surface area contributed by atoms with Gasteiger partial charge in [0.25, 0.3) is 11.8 Å². The lowest BCUT2D eigenvalue weighted by Crippen LogP contribution is -2.28. The zero-order valence-electron chi connectivity index (χ0n) is 17.6. The molecule has 0 fully saturated rings. The number of rotatable bonds is 4. The third-order valence-electron chi connectivity index (χ3n) is 5.61. The van der Waals surface area contributed by atoms with Crippen LogP contribution in [0.1, 0.15) is 26.3 Å². The van der Waals surface area contributed by atoms with Crippen molar-refractivity contribution in [1.29, 1.82) is 0 Å². The molecule has 0 saturated heterocycles. The smallest absolute Gasteiger partial charge is 0.258 e. The minimum Gasteiger partial charge on any atom is -0.493 e. The predicted octanol–water partition coefficient (Wildman–Crippen LogP) is 3.92. The average molecular weight is 430 g/mol. The van der Waals surface area contributed by atoms with Crippen LogP contribution in [0.15, 0.2) is 60.7 Å². The summed E-state index contributed by atoms with van der Waals surface area (Å²) >= 11 is 0. The van der Waals surface area contributed by atoms with E-state index in [1.807, 2.05) is 24.3 Å². The number of ether oxygens (including phenoxy) is 3. The van der Waals surface area contributed by atoms with Crippen LogP contribution < -0.4 is 24.4 Å². The van der Waals surface area contributed by atoms with Crippen LogP contribution in [-0.4, -0.2) is 38.7 Å². The molecule has 0 bridgehead atoms. The average Bonchev–Trinajstić information content (AvgIpc) is 3.27. The van der Waals surface area contributed by atoms with Crippen molar-refractivity contribution < 1.29 is 23.8 Å². The SMILES string of the molecule is COc1cc(C(=O)Nc2ccc(C(=O)N3CCc4ccccc43)cc2)cc2c1OCCO2. The van der Waals surface area contributed by atoms with Gasteiger partial charge >= 0.3 is 0 Å². The van der Waals surface area contributed by atoms with Gasteiger partial charge < -0.3 is 24.4 Å². The van der Waals surface area contributed by atoms with Gasteiger partial charge in [-0.1, -0.05) is 18.2 Å². The Bertz CT molecular complexity index is 1170. The van der Waals surface area contributed by atoms with E-state index in [1.54, 1.807) is 41.3 Å². The molecule has 0 aromatic heterocycles. The van der Waals surface area contributed by atoms with Gasteiger partial charge in [-0.15, -0.1) is 0 Å². The number of carbonyl (C=O) groups is 2. The molecule has 0 unspecified atom stereocenters. The second-order valence-electron chi connectivity index (χ2n) is 7.57. The minimum absolute atomic E-state index is 0.0515. The molecule has 162 valence electrons. The summed E-state index contributed by atoms with van der Waals surface area (Å²) in [6.45, 7) is 1.52. The standard InChI is InChI=1S/C25H22N2O5/c1-30-21-14-18(15-22-23(21)32-13-12-31-22)24(28)26-19-8-6-17(7-9-19)25(29)27-11-10-16-4-2-3-5-20(16)27/h2-9,14-15H,10-13H2,1H3,(H,26,28). The number of anilines is 2. The van der Waals surface area contributed by atoms with E-state index in [0.29, 0.717) is 53.8 Å². The highest BCUT2D eigenvalue weighted by atomic mass is 16.6. The van der Waals surface area contributed by atoms with Crippen LogP contribution in [0.4, 0.5) is 11.4 Å². The zero-order chi connectivity index (χ0) is 22.1. The maximum atomic E-state index is 13.0. The van der Waals surface area contributed by atoms with Crippen molar-refractivity contribution >= 4 is 23.2 Å². The van der Waals surface area contributed by atoms with Gasteiger partial charge in [0.05, 0.1) is 7.11 Å². The maximum absolute atomic E-state index is 13.0. The molecule has 0 atom stereocenters. The van der Waals surface area contributed by atoms with Gasteiger partial charge in [-0.25, -0.2) is 0 Å². The lowest BCUT2D eigenvalue weighted by molar-refractivity contribution is 0.0988. The highest BCUT2D eigenvalue weighted by Crippen LogP contribution is 2.40. The molecule has 1 N–H and O–H groups in total. The first kappa shape index (κ1) is 19.9. The van der Waals surface area contributed by atoms with E-state index in [2.05, 4.69) is 5.32 Å². The maximum Gasteiger partial charge on any atom is 0.258 e. The molecule has 0 radical (unpaired) electrons. The molecular weight excluding hydrogens is 408 g/mol. The number of nitrogens with one attached hydrogen (secondary N) is 1. The molecule has 7 heteroatoms. The molecule has 2 aliphatic rings. The predicted molar refractivity (Wildman–Crippen MR) is 120 cm³/mol. The summed E-state index contributed by atoms with van der Waals surface area (Å²) in [5, 5.41) is 2.85. The van der Waals surface area contributed by atoms with Crippen molar-refractivity contribution in [2.24, 2.45) is 0 Å². The fourth-order valence-electron chi connectivity index (χ4n) is 4.01. The van der Waals surface area contributed by atoms with Crippen molar-refractivity contribution in [3.63, 3.8) is 0 Å². The molecule has 0 aliphatic carbocycles. The lowest BCUT2D eigenvalue weighted by Gasteiger charge is -2.21. The molecule has 2 aliphatic heterocycles. The van der Waals surface area contributed by atoms with Crippen LogP contribution >= 0.6 is 0 Å². The van der Waals surface area contributed by atoms with Crippen LogP contribution in [0, 0.1) is 0 Å². The van der Waals surface area contributed by atoms with Gasteiger partial charge in [-0.3, -0.25) is 9.59 Å². The Morgan fingerprint density at radius 1 is 0.969 bits per heavy atom. The largest absolute Gasteiger partial charge is 0.493 e. The van der Waals surface area contributed by atoms with E-state index in [-0.39, 0.29) is 11.8 Å². The molecular formula is C25H22N2O5. The Hall–Kier alpha value is -4.00. The molecule has 0 spiro atoms. The van der Waals surface area contributed by atoms with Gasteiger partial charge in [-0.05, 0) is 54.4 Å². The van der Waals surface area contributed by atoms with E-state index in [4.69, 9.17) is 14.2 Å². The first-order valence-electron chi connectivity index (χ1n) is 10.4. The van der Waals surface area contributed by atoms with Crippen LogP contribution in [0.3, 0.4) is 0 Å². The summed E-state index contributed by atoms with van der Waals surface area (Å²) in [5.41, 5.74) is 3.69. The molecule has 5 rings (SSSR count). The van der Waals surface area contributed by atoms with Crippen molar-refractivity contribution in [3.8, 4) is 17.2 Å². The number of para-hydroxylation sites is 1. The summed E-state index contributed by atoms with van der Waals surface area (Å²) in [4.78, 5) is 27.6. The molecule has 0 saturated carbocycles. The summed E-state index contributed by atoms with van der Waals surface area (Å²) in [6.07, 6.45) is 0.856. The highest BCUT2D eigenvalue weighted by molar-refractivity contribution is 6.08. The topological polar surface area (TPSA) is 77.1 Å². The van der Waals surface area contributed by atoms with Gasteiger partial charge in [0.1, 0.15) is 13.2 Å². The number of hydrogen-bond acceptors (Lipinski definition) is 5. The number of carbonyl (C=O) groups excluding carboxylic acids is 2. The molecule has 2 heterocycles. The third kappa shape index (κ3) is 3.62. The molecule has 7 nitrogen and oxygen atoms in total. The van der Waals surface area contributed by atoms with E-state index < -0.39 is 0 Å². The number of nitrogens with zero attached hydrogens (tertiary/aromatic N) is 1. The third-order valence-corrected chi connectivity index (χ3v) is 5.61. The monoisotopic (exact) mass is 430 g/mol. The normalized spacial score (nSPS) is 14.0. The van der Waals surface area contributed by atoms with Crippen molar-refractivity contribution in [3.05, 3.63) is 77.4 Å². The van der Waals surface area contributed by atoms with Gasteiger partial charge in [0.2, 0.25) is 5.75 Å². The van der Waals surface area contributed by atoms with E-state index in [1.165, 1.54) is 12.7 Å². The Morgan fingerprint density at radius 2 is 1.75 bits per heavy atom. The fraction of sp³-hybridized carbons (Fsp3) is 0.200. The number of methoxy groups -OCH3 is 1. The van der Waals surface area contributed by atoms with Gasteiger partial charge in [0.15, 0.2) is 11.5 Å². The lowest BCUT2D eigenvalue weighted by atomic mass is 10.1. The van der Waals surface area contributed by atoms with Crippen molar-refractivity contribution in [1.82, 2.24) is 0 Å². The van der Waals surface area contributed by atoms with Crippen LogP contribution in [0.5, 0.6) is 17.2 Å². The quantitative estimate of drug-likeness (QED) is 0.679. The fourth-order valence-corrected chi connectivity index (χ4v) is 4.01. The number of fused-ring (bicyclic) bond motifs is 2. The Morgan fingerprint density at radius 3 is 2.56 bits per heavy atom. The summed E-state index contributed by atoms with van der Waals surface area (Å²) in [7, 11) is 1.52. The van der Waals surface area contributed by atoms with Crippen molar-refractivity contribution in [2.75, 3.05) is 37.1 Å². The summed E-state index contributed by atoms with van der Waals surface area (Å²) < 4.78 is 16.5. The van der Waals surface area contributed by atoms with Crippen LogP contribution in [0.25, 0.3) is 0 Å². The summed E-state index contributed by atoms with van der Waals surface area (Å²) in [5.74, 6) is 1.06. The van der Waals surface area contributed by atoms with Crippen LogP contribution in [-0.2, 0) is 6.42 Å². The second kappa shape index (κ2) is 8.26. The molecule has 2 amide bonds. The molecule has 32 heavy (non-hydrogen) atoms. The van der Waals surface area contributed by atoms with Crippen molar-refractivity contribution in [2.45, 2.75) is 6.42 Å². The highest BCUT2D eigenvalue weighted by Gasteiger charge is 2.25. The molecule has 3 aromatic rings. The number of hydrogen-bond donors (Lipinski definition) is 1. The van der Waals surface area contributed by atoms with Crippen LogP contribution in [0.2, 0.25) is 0 Å². The Labute approximate surface area is 185 Å². The zero-order valence-corrected chi connectivity index (χ0v) is 17.6. The van der Waals surface area contributed by atoms with E-state index >= 15 is 0 Å². The number of benzene rings is 3. The second-order valence-corrected chi connectivity index (χ2v) is 7.57. The first-order valence-corrected chi connectivity index (χ1v) is 10.4. The van der Waals surface area contributed by atoms with Gasteiger partial charge in [0, 0.05) is 29.0 Å². The Balaban J connectivity index is 1.31.